The summed E-state index contributed by atoms with van der Waals surface area (Å²) >= 11 is 0. The summed E-state index contributed by atoms with van der Waals surface area (Å²) < 4.78 is 2.28. The number of nitrogens with two attached hydrogens (primary N) is 1. The van der Waals surface area contributed by atoms with E-state index < -0.39 is 0 Å². The number of benzene rings is 2. The molecule has 23 heavy (non-hydrogen) atoms. The Balaban J connectivity index is 2.00. The highest BCUT2D eigenvalue weighted by molar-refractivity contribution is 5.80. The highest BCUT2D eigenvalue weighted by atomic mass is 15.1. The molecule has 4 heteroatoms. The van der Waals surface area contributed by atoms with Gasteiger partial charge in [-0.25, -0.2) is 4.98 Å². The van der Waals surface area contributed by atoms with E-state index in [1.165, 1.54) is 11.1 Å². The molecule has 0 bridgehead atoms. The summed E-state index contributed by atoms with van der Waals surface area (Å²) in [6.45, 7) is 2.53. The molecule has 0 unspecified atom stereocenters. The number of hydrogen-bond donors (Lipinski definition) is 1. The first-order valence-corrected chi connectivity index (χ1v) is 8.08. The minimum absolute atomic E-state index is 0.688. The van der Waals surface area contributed by atoms with Crippen LogP contribution in [0.5, 0.6) is 0 Å². The Morgan fingerprint density at radius 1 is 1.04 bits per heavy atom. The highest BCUT2D eigenvalue weighted by Gasteiger charge is 2.12. The molecule has 0 fully saturated rings. The van der Waals surface area contributed by atoms with Crippen molar-refractivity contribution in [1.82, 2.24) is 14.5 Å². The van der Waals surface area contributed by atoms with E-state index in [9.17, 15) is 0 Å². The molecule has 0 amide bonds. The molecule has 0 spiro atoms. The van der Waals surface area contributed by atoms with Gasteiger partial charge in [-0.15, -0.1) is 0 Å². The monoisotopic (exact) mass is 308 g/mol. The predicted molar refractivity (Wildman–Crippen MR) is 96.2 cm³/mol. The second kappa shape index (κ2) is 6.94. The van der Waals surface area contributed by atoms with Gasteiger partial charge in [-0.2, -0.15) is 0 Å². The third kappa shape index (κ3) is 3.44. The number of aryl methyl sites for hydroxylation is 1. The number of nitrogens with zero attached hydrogens (tertiary/aromatic N) is 3. The lowest BCUT2D eigenvalue weighted by Crippen LogP contribution is -2.10. The van der Waals surface area contributed by atoms with Gasteiger partial charge in [0, 0.05) is 18.7 Å². The fourth-order valence-electron chi connectivity index (χ4n) is 2.90. The third-order valence-electron chi connectivity index (χ3n) is 3.95. The lowest BCUT2D eigenvalue weighted by Gasteiger charge is -2.11. The first-order chi connectivity index (χ1) is 11.2. The van der Waals surface area contributed by atoms with Gasteiger partial charge >= 0.3 is 0 Å². The minimum Gasteiger partial charge on any atom is -0.330 e. The van der Waals surface area contributed by atoms with Gasteiger partial charge in [-0.05, 0) is 44.8 Å². The number of hydrogen-bond acceptors (Lipinski definition) is 3. The van der Waals surface area contributed by atoms with Crippen LogP contribution in [-0.4, -0.2) is 35.1 Å². The molecule has 0 atom stereocenters. The van der Waals surface area contributed by atoms with Crippen molar-refractivity contribution >= 4 is 11.0 Å². The minimum atomic E-state index is 0.688. The van der Waals surface area contributed by atoms with Crippen LogP contribution in [0.25, 0.3) is 22.4 Å². The van der Waals surface area contributed by atoms with Crippen molar-refractivity contribution in [2.45, 2.75) is 19.5 Å². The van der Waals surface area contributed by atoms with Crippen molar-refractivity contribution in [2.24, 2.45) is 5.73 Å². The second-order valence-electron chi connectivity index (χ2n) is 6.15. The molecule has 3 aromatic rings. The van der Waals surface area contributed by atoms with Gasteiger partial charge in [0.05, 0.1) is 11.0 Å². The largest absolute Gasteiger partial charge is 0.330 e. The number of aromatic nitrogens is 2. The Bertz CT molecular complexity index is 772. The average Bonchev–Trinajstić information content (AvgIpc) is 2.91. The van der Waals surface area contributed by atoms with E-state index in [-0.39, 0.29) is 0 Å². The number of rotatable bonds is 6. The van der Waals surface area contributed by atoms with Crippen LogP contribution >= 0.6 is 0 Å². The highest BCUT2D eigenvalue weighted by Crippen LogP contribution is 2.25. The van der Waals surface area contributed by atoms with E-state index in [0.717, 1.165) is 36.4 Å². The zero-order valence-electron chi connectivity index (χ0n) is 13.9. The van der Waals surface area contributed by atoms with Crippen LogP contribution in [0.3, 0.4) is 0 Å². The van der Waals surface area contributed by atoms with Crippen LogP contribution in [0, 0.1) is 0 Å². The molecule has 3 rings (SSSR count). The van der Waals surface area contributed by atoms with E-state index >= 15 is 0 Å². The lowest BCUT2D eigenvalue weighted by atomic mass is 10.1. The van der Waals surface area contributed by atoms with Crippen LogP contribution in [0.2, 0.25) is 0 Å². The molecule has 0 aliphatic carbocycles. The van der Waals surface area contributed by atoms with Crippen LogP contribution < -0.4 is 5.73 Å². The predicted octanol–water partition coefficient (Wildman–Crippen LogP) is 3.11. The fourth-order valence-corrected chi connectivity index (χ4v) is 2.90. The van der Waals surface area contributed by atoms with Crippen molar-refractivity contribution in [1.29, 1.82) is 0 Å². The molecule has 2 aromatic carbocycles. The van der Waals surface area contributed by atoms with E-state index in [2.05, 4.69) is 66.0 Å². The molecule has 0 saturated carbocycles. The van der Waals surface area contributed by atoms with E-state index in [0.29, 0.717) is 6.54 Å². The molecule has 0 aliphatic heterocycles. The van der Waals surface area contributed by atoms with Crippen LogP contribution in [-0.2, 0) is 13.1 Å². The van der Waals surface area contributed by atoms with Crippen LogP contribution in [0.1, 0.15) is 12.0 Å². The van der Waals surface area contributed by atoms with Crippen LogP contribution in [0.15, 0.2) is 48.5 Å². The van der Waals surface area contributed by atoms with Gasteiger partial charge < -0.3 is 15.2 Å². The van der Waals surface area contributed by atoms with Gasteiger partial charge in [0.25, 0.3) is 0 Å². The van der Waals surface area contributed by atoms with E-state index in [1.807, 2.05) is 6.07 Å². The topological polar surface area (TPSA) is 47.1 Å². The third-order valence-corrected chi connectivity index (χ3v) is 3.95. The number of fused-ring (bicyclic) bond motifs is 1. The maximum absolute atomic E-state index is 5.71. The fraction of sp³-hybridized carbons (Fsp3) is 0.316. The van der Waals surface area contributed by atoms with E-state index in [1.54, 1.807) is 0 Å². The molecular formula is C19H24N4. The van der Waals surface area contributed by atoms with Gasteiger partial charge in [0.15, 0.2) is 0 Å². The quantitative estimate of drug-likeness (QED) is 0.761. The zero-order valence-corrected chi connectivity index (χ0v) is 13.9. The summed E-state index contributed by atoms with van der Waals surface area (Å²) in [5.74, 6) is 1.02. The Labute approximate surface area is 137 Å². The first kappa shape index (κ1) is 15.7. The van der Waals surface area contributed by atoms with Crippen molar-refractivity contribution in [3.63, 3.8) is 0 Å². The summed E-state index contributed by atoms with van der Waals surface area (Å²) in [4.78, 5) is 7.01. The molecule has 120 valence electrons. The molecule has 4 nitrogen and oxygen atoms in total. The maximum atomic E-state index is 5.71. The summed E-state index contributed by atoms with van der Waals surface area (Å²) in [6.07, 6.45) is 0.950. The molecular weight excluding hydrogens is 284 g/mol. The van der Waals surface area contributed by atoms with Gasteiger partial charge in [-0.1, -0.05) is 36.4 Å². The van der Waals surface area contributed by atoms with Crippen molar-refractivity contribution in [3.8, 4) is 11.4 Å². The number of imidazole rings is 1. The van der Waals surface area contributed by atoms with Gasteiger partial charge in [0.1, 0.15) is 5.82 Å². The first-order valence-electron chi connectivity index (χ1n) is 8.08. The van der Waals surface area contributed by atoms with Crippen molar-refractivity contribution in [3.05, 3.63) is 54.1 Å². The Hall–Kier alpha value is -2.17. The van der Waals surface area contributed by atoms with Gasteiger partial charge in [0.2, 0.25) is 0 Å². The van der Waals surface area contributed by atoms with Crippen molar-refractivity contribution < 1.29 is 0 Å². The Morgan fingerprint density at radius 3 is 2.48 bits per heavy atom. The SMILES string of the molecule is CN(C)Cc1ccc(-c2nc3ccccc3n2CCCN)cc1. The smallest absolute Gasteiger partial charge is 0.141 e. The van der Waals surface area contributed by atoms with Gasteiger partial charge in [-0.3, -0.25) is 0 Å². The van der Waals surface area contributed by atoms with E-state index in [4.69, 9.17) is 10.7 Å². The normalized spacial score (nSPS) is 11.5. The average molecular weight is 308 g/mol. The lowest BCUT2D eigenvalue weighted by molar-refractivity contribution is 0.402. The van der Waals surface area contributed by atoms with Crippen molar-refractivity contribution in [2.75, 3.05) is 20.6 Å². The second-order valence-corrected chi connectivity index (χ2v) is 6.15. The van der Waals surface area contributed by atoms with Crippen LogP contribution in [0.4, 0.5) is 0 Å². The molecule has 0 radical (unpaired) electrons. The number of para-hydroxylation sites is 2. The molecule has 0 saturated heterocycles. The Morgan fingerprint density at radius 2 is 1.78 bits per heavy atom. The molecule has 1 aromatic heterocycles. The maximum Gasteiger partial charge on any atom is 0.141 e. The molecule has 0 aliphatic rings. The zero-order chi connectivity index (χ0) is 16.2. The Kier molecular flexibility index (Phi) is 4.74. The summed E-state index contributed by atoms with van der Waals surface area (Å²) in [7, 11) is 4.17. The summed E-state index contributed by atoms with van der Waals surface area (Å²) in [6, 6.07) is 17.0. The molecule has 2 N–H and O–H groups in total. The summed E-state index contributed by atoms with van der Waals surface area (Å²) in [5, 5.41) is 0. The molecule has 1 heterocycles. The summed E-state index contributed by atoms with van der Waals surface area (Å²) in [5.41, 5.74) is 10.4. The standard InChI is InChI=1S/C19H24N4/c1-22(2)14-15-8-10-16(11-9-15)19-21-17-6-3-4-7-18(17)23(19)13-5-12-20/h3-4,6-11H,5,12-14,20H2,1-2H3.